The molecule has 0 bridgehead atoms. The standard InChI is InChI=1S/C19H23BrN2O/c1-14(2)10-11-21-17-6-8-18(9-7-17)22-19(23)13-15-4-3-5-16(20)12-15/h3-9,12,14,21H,10-11,13H2,1-2H3,(H,22,23). The van der Waals surface area contributed by atoms with Crippen molar-refractivity contribution in [3.05, 3.63) is 58.6 Å². The van der Waals surface area contributed by atoms with Gasteiger partial charge in [0, 0.05) is 22.4 Å². The molecule has 4 heteroatoms. The monoisotopic (exact) mass is 374 g/mol. The number of nitrogens with one attached hydrogen (secondary N) is 2. The van der Waals surface area contributed by atoms with Crippen LogP contribution in [-0.2, 0) is 11.2 Å². The number of hydrogen-bond donors (Lipinski definition) is 2. The Morgan fingerprint density at radius 3 is 2.43 bits per heavy atom. The van der Waals surface area contributed by atoms with Crippen LogP contribution in [0.25, 0.3) is 0 Å². The molecule has 2 aromatic carbocycles. The summed E-state index contributed by atoms with van der Waals surface area (Å²) in [5.74, 6) is 0.683. The van der Waals surface area contributed by atoms with Gasteiger partial charge in [-0.15, -0.1) is 0 Å². The van der Waals surface area contributed by atoms with E-state index in [1.807, 2.05) is 48.5 Å². The Morgan fingerprint density at radius 1 is 1.09 bits per heavy atom. The van der Waals surface area contributed by atoms with Gasteiger partial charge in [0.1, 0.15) is 0 Å². The van der Waals surface area contributed by atoms with Gasteiger partial charge in [-0.05, 0) is 54.3 Å². The van der Waals surface area contributed by atoms with E-state index in [-0.39, 0.29) is 5.91 Å². The second-order valence-electron chi connectivity index (χ2n) is 6.04. The summed E-state index contributed by atoms with van der Waals surface area (Å²) >= 11 is 3.42. The van der Waals surface area contributed by atoms with Crippen LogP contribution in [0.1, 0.15) is 25.8 Å². The van der Waals surface area contributed by atoms with Crippen LogP contribution in [0.3, 0.4) is 0 Å². The topological polar surface area (TPSA) is 41.1 Å². The SMILES string of the molecule is CC(C)CCNc1ccc(NC(=O)Cc2cccc(Br)c2)cc1. The number of halogens is 1. The highest BCUT2D eigenvalue weighted by molar-refractivity contribution is 9.10. The van der Waals surface area contributed by atoms with E-state index in [0.29, 0.717) is 12.3 Å². The summed E-state index contributed by atoms with van der Waals surface area (Å²) < 4.78 is 0.986. The minimum atomic E-state index is -0.0105. The average molecular weight is 375 g/mol. The van der Waals surface area contributed by atoms with Gasteiger partial charge in [0.15, 0.2) is 0 Å². The largest absolute Gasteiger partial charge is 0.385 e. The third kappa shape index (κ3) is 6.45. The van der Waals surface area contributed by atoms with E-state index in [4.69, 9.17) is 0 Å². The van der Waals surface area contributed by atoms with Crippen LogP contribution >= 0.6 is 15.9 Å². The first-order valence-corrected chi connectivity index (χ1v) is 8.70. The molecule has 0 spiro atoms. The van der Waals surface area contributed by atoms with E-state index in [0.717, 1.165) is 34.4 Å². The van der Waals surface area contributed by atoms with E-state index in [9.17, 15) is 4.79 Å². The highest BCUT2D eigenvalue weighted by atomic mass is 79.9. The number of rotatable bonds is 7. The van der Waals surface area contributed by atoms with Crippen molar-refractivity contribution in [3.63, 3.8) is 0 Å². The first-order chi connectivity index (χ1) is 11.0. The van der Waals surface area contributed by atoms with E-state index < -0.39 is 0 Å². The van der Waals surface area contributed by atoms with Gasteiger partial charge in [0.2, 0.25) is 5.91 Å². The van der Waals surface area contributed by atoms with Crippen molar-refractivity contribution in [3.8, 4) is 0 Å². The Hall–Kier alpha value is -1.81. The van der Waals surface area contributed by atoms with E-state index in [1.54, 1.807) is 0 Å². The molecule has 0 aliphatic heterocycles. The van der Waals surface area contributed by atoms with E-state index >= 15 is 0 Å². The van der Waals surface area contributed by atoms with E-state index in [1.165, 1.54) is 0 Å². The van der Waals surface area contributed by atoms with Crippen LogP contribution in [0.15, 0.2) is 53.0 Å². The number of hydrogen-bond acceptors (Lipinski definition) is 2. The van der Waals surface area contributed by atoms with Crippen molar-refractivity contribution >= 4 is 33.2 Å². The van der Waals surface area contributed by atoms with Crippen molar-refractivity contribution in [2.24, 2.45) is 5.92 Å². The first-order valence-electron chi connectivity index (χ1n) is 7.91. The van der Waals surface area contributed by atoms with Crippen LogP contribution in [-0.4, -0.2) is 12.5 Å². The molecule has 0 heterocycles. The van der Waals surface area contributed by atoms with Crippen molar-refractivity contribution in [2.45, 2.75) is 26.7 Å². The zero-order valence-corrected chi connectivity index (χ0v) is 15.2. The maximum Gasteiger partial charge on any atom is 0.228 e. The lowest BCUT2D eigenvalue weighted by Gasteiger charge is -2.10. The van der Waals surface area contributed by atoms with Gasteiger partial charge in [0.25, 0.3) is 0 Å². The third-order valence-corrected chi connectivity index (χ3v) is 3.97. The van der Waals surface area contributed by atoms with Crippen molar-refractivity contribution in [2.75, 3.05) is 17.2 Å². The Bertz CT molecular complexity index is 638. The molecule has 2 N–H and O–H groups in total. The number of benzene rings is 2. The zero-order valence-electron chi connectivity index (χ0n) is 13.6. The van der Waals surface area contributed by atoms with Gasteiger partial charge in [-0.3, -0.25) is 4.79 Å². The summed E-state index contributed by atoms with van der Waals surface area (Å²) in [5, 5.41) is 6.31. The summed E-state index contributed by atoms with van der Waals surface area (Å²) in [5.41, 5.74) is 2.89. The predicted molar refractivity (Wildman–Crippen MR) is 101 cm³/mol. The quantitative estimate of drug-likeness (QED) is 0.708. The van der Waals surface area contributed by atoms with Crippen LogP contribution < -0.4 is 10.6 Å². The minimum absolute atomic E-state index is 0.0105. The van der Waals surface area contributed by atoms with Crippen molar-refractivity contribution < 1.29 is 4.79 Å². The van der Waals surface area contributed by atoms with E-state index in [2.05, 4.69) is 40.4 Å². The molecule has 0 saturated carbocycles. The summed E-state index contributed by atoms with van der Waals surface area (Å²) in [4.78, 5) is 12.1. The number of anilines is 2. The second-order valence-corrected chi connectivity index (χ2v) is 6.96. The Kier molecular flexibility index (Phi) is 6.66. The predicted octanol–water partition coefficient (Wildman–Crippen LogP) is 5.09. The maximum absolute atomic E-state index is 12.1. The third-order valence-electron chi connectivity index (χ3n) is 3.47. The minimum Gasteiger partial charge on any atom is -0.385 e. The Balaban J connectivity index is 1.84. The molecule has 0 saturated heterocycles. The normalized spacial score (nSPS) is 10.6. The summed E-state index contributed by atoms with van der Waals surface area (Å²) in [6, 6.07) is 15.6. The van der Waals surface area contributed by atoms with Crippen LogP contribution in [0.2, 0.25) is 0 Å². The fourth-order valence-electron chi connectivity index (χ4n) is 2.21. The van der Waals surface area contributed by atoms with Gasteiger partial charge in [-0.25, -0.2) is 0 Å². The lowest BCUT2D eigenvalue weighted by Crippen LogP contribution is -2.14. The molecule has 0 unspecified atom stereocenters. The smallest absolute Gasteiger partial charge is 0.228 e. The lowest BCUT2D eigenvalue weighted by molar-refractivity contribution is -0.115. The van der Waals surface area contributed by atoms with Gasteiger partial charge in [-0.1, -0.05) is 41.9 Å². The molecule has 0 radical (unpaired) electrons. The molecular weight excluding hydrogens is 352 g/mol. The number of carbonyl (C=O) groups excluding carboxylic acids is 1. The number of amides is 1. The zero-order chi connectivity index (χ0) is 16.7. The molecule has 1 amide bonds. The van der Waals surface area contributed by atoms with Crippen LogP contribution in [0.4, 0.5) is 11.4 Å². The molecular formula is C19H23BrN2O. The molecule has 0 fully saturated rings. The molecule has 122 valence electrons. The highest BCUT2D eigenvalue weighted by Crippen LogP contribution is 2.16. The number of carbonyl (C=O) groups is 1. The summed E-state index contributed by atoms with van der Waals surface area (Å²) in [7, 11) is 0. The first kappa shape index (κ1) is 17.5. The summed E-state index contributed by atoms with van der Waals surface area (Å²) in [6.07, 6.45) is 1.51. The molecule has 3 nitrogen and oxygen atoms in total. The van der Waals surface area contributed by atoms with Gasteiger partial charge >= 0.3 is 0 Å². The Morgan fingerprint density at radius 2 is 1.78 bits per heavy atom. The molecule has 23 heavy (non-hydrogen) atoms. The Labute approximate surface area is 146 Å². The molecule has 2 aromatic rings. The van der Waals surface area contributed by atoms with Gasteiger partial charge < -0.3 is 10.6 Å². The lowest BCUT2D eigenvalue weighted by atomic mass is 10.1. The molecule has 2 rings (SSSR count). The molecule has 0 aromatic heterocycles. The van der Waals surface area contributed by atoms with Gasteiger partial charge in [0.05, 0.1) is 6.42 Å². The fourth-order valence-corrected chi connectivity index (χ4v) is 2.66. The van der Waals surface area contributed by atoms with Crippen LogP contribution in [0, 0.1) is 5.92 Å². The summed E-state index contributed by atoms with van der Waals surface area (Å²) in [6.45, 7) is 5.39. The highest BCUT2D eigenvalue weighted by Gasteiger charge is 2.05. The van der Waals surface area contributed by atoms with Gasteiger partial charge in [-0.2, -0.15) is 0 Å². The fraction of sp³-hybridized carbons (Fsp3) is 0.316. The van der Waals surface area contributed by atoms with Crippen molar-refractivity contribution in [1.29, 1.82) is 0 Å². The maximum atomic E-state index is 12.1. The van der Waals surface area contributed by atoms with Crippen LogP contribution in [0.5, 0.6) is 0 Å². The second kappa shape index (κ2) is 8.73. The molecule has 0 aliphatic rings. The van der Waals surface area contributed by atoms with Crippen molar-refractivity contribution in [1.82, 2.24) is 0 Å². The average Bonchev–Trinajstić information content (AvgIpc) is 2.48. The molecule has 0 atom stereocenters. The molecule has 0 aliphatic carbocycles.